The molecule has 28 heavy (non-hydrogen) atoms. The summed E-state index contributed by atoms with van der Waals surface area (Å²) in [4.78, 5) is 19.3. The van der Waals surface area contributed by atoms with Crippen LogP contribution >= 0.6 is 0 Å². The Bertz CT molecular complexity index is 927. The van der Waals surface area contributed by atoms with Gasteiger partial charge in [0.05, 0.1) is 30.1 Å². The monoisotopic (exact) mass is 377 g/mol. The average Bonchev–Trinajstić information content (AvgIpc) is 3.06. The number of imidazole rings is 1. The van der Waals surface area contributed by atoms with Gasteiger partial charge in [-0.05, 0) is 50.6 Å². The zero-order valence-corrected chi connectivity index (χ0v) is 16.4. The summed E-state index contributed by atoms with van der Waals surface area (Å²) in [7, 11) is 0. The third kappa shape index (κ3) is 4.09. The Morgan fingerprint density at radius 3 is 2.50 bits per heavy atom. The van der Waals surface area contributed by atoms with Gasteiger partial charge >= 0.3 is 5.97 Å². The third-order valence-electron chi connectivity index (χ3n) is 5.49. The van der Waals surface area contributed by atoms with Crippen molar-refractivity contribution in [3.8, 4) is 0 Å². The van der Waals surface area contributed by atoms with E-state index in [1.54, 1.807) is 0 Å². The third-order valence-corrected chi connectivity index (χ3v) is 5.49. The van der Waals surface area contributed by atoms with Crippen molar-refractivity contribution in [3.05, 3.63) is 66.0 Å². The number of fused-ring (bicyclic) bond motifs is 1. The highest BCUT2D eigenvalue weighted by molar-refractivity contribution is 5.76. The number of benzene rings is 2. The van der Waals surface area contributed by atoms with Crippen LogP contribution in [0, 0.1) is 5.92 Å². The quantitative estimate of drug-likeness (QED) is 0.612. The maximum absolute atomic E-state index is 12.0. The molecule has 2 heterocycles. The largest absolute Gasteiger partial charge is 0.466 e. The smallest absolute Gasteiger partial charge is 0.309 e. The first kappa shape index (κ1) is 18.7. The van der Waals surface area contributed by atoms with Crippen molar-refractivity contribution in [2.24, 2.45) is 5.92 Å². The summed E-state index contributed by atoms with van der Waals surface area (Å²) in [6, 6.07) is 18.8. The second kappa shape index (κ2) is 8.57. The van der Waals surface area contributed by atoms with Crippen LogP contribution in [0.4, 0.5) is 0 Å². The second-order valence-corrected chi connectivity index (χ2v) is 7.39. The molecule has 0 amide bonds. The summed E-state index contributed by atoms with van der Waals surface area (Å²) in [5.41, 5.74) is 3.48. The fraction of sp³-hybridized carbons (Fsp3) is 0.391. The van der Waals surface area contributed by atoms with Crippen molar-refractivity contribution < 1.29 is 9.53 Å². The van der Waals surface area contributed by atoms with Crippen molar-refractivity contribution in [1.82, 2.24) is 14.5 Å². The van der Waals surface area contributed by atoms with Crippen LogP contribution in [0.1, 0.15) is 31.2 Å². The summed E-state index contributed by atoms with van der Waals surface area (Å²) < 4.78 is 7.51. The number of hydrogen-bond acceptors (Lipinski definition) is 4. The molecule has 1 aliphatic heterocycles. The number of hydrogen-bond donors (Lipinski definition) is 0. The van der Waals surface area contributed by atoms with Crippen LogP contribution in [0.5, 0.6) is 0 Å². The molecule has 0 unspecified atom stereocenters. The van der Waals surface area contributed by atoms with Crippen LogP contribution in [0.3, 0.4) is 0 Å². The molecule has 0 bridgehead atoms. The number of aromatic nitrogens is 2. The topological polar surface area (TPSA) is 47.4 Å². The van der Waals surface area contributed by atoms with Crippen molar-refractivity contribution in [3.63, 3.8) is 0 Å². The highest BCUT2D eigenvalue weighted by atomic mass is 16.5. The van der Waals surface area contributed by atoms with E-state index in [-0.39, 0.29) is 11.9 Å². The second-order valence-electron chi connectivity index (χ2n) is 7.39. The van der Waals surface area contributed by atoms with E-state index in [4.69, 9.17) is 9.72 Å². The van der Waals surface area contributed by atoms with Gasteiger partial charge in [-0.2, -0.15) is 0 Å². The first-order valence-electron chi connectivity index (χ1n) is 10.1. The number of nitrogens with zero attached hydrogens (tertiary/aromatic N) is 3. The standard InChI is InChI=1S/C23H27N3O2/c1-2-28-23(27)19-12-14-25(15-13-19)17-22-24-20-10-6-7-11-21(20)26(22)16-18-8-4-3-5-9-18/h3-11,19H,2,12-17H2,1H3. The van der Waals surface area contributed by atoms with E-state index in [9.17, 15) is 4.79 Å². The van der Waals surface area contributed by atoms with Crippen LogP contribution in [0.25, 0.3) is 11.0 Å². The minimum atomic E-state index is -0.0431. The van der Waals surface area contributed by atoms with E-state index in [1.165, 1.54) is 11.1 Å². The van der Waals surface area contributed by atoms with E-state index in [2.05, 4.69) is 51.9 Å². The molecule has 5 heteroatoms. The Kier molecular flexibility index (Phi) is 5.72. The van der Waals surface area contributed by atoms with Gasteiger partial charge in [-0.3, -0.25) is 9.69 Å². The zero-order valence-electron chi connectivity index (χ0n) is 16.4. The summed E-state index contributed by atoms with van der Waals surface area (Å²) >= 11 is 0. The number of esters is 1. The van der Waals surface area contributed by atoms with Crippen LogP contribution in [-0.2, 0) is 22.6 Å². The highest BCUT2D eigenvalue weighted by Crippen LogP contribution is 2.23. The molecule has 0 radical (unpaired) electrons. The lowest BCUT2D eigenvalue weighted by molar-refractivity contribution is -0.149. The Hall–Kier alpha value is -2.66. The number of para-hydroxylation sites is 2. The van der Waals surface area contributed by atoms with Gasteiger partial charge in [-0.1, -0.05) is 42.5 Å². The maximum atomic E-state index is 12.0. The number of rotatable bonds is 6. The fourth-order valence-corrected chi connectivity index (χ4v) is 3.98. The molecule has 0 spiro atoms. The molecule has 1 aromatic heterocycles. The van der Waals surface area contributed by atoms with Gasteiger partial charge in [0.25, 0.3) is 0 Å². The van der Waals surface area contributed by atoms with E-state index in [0.717, 1.165) is 50.4 Å². The molecule has 0 atom stereocenters. The highest BCUT2D eigenvalue weighted by Gasteiger charge is 2.26. The molecule has 1 saturated heterocycles. The SMILES string of the molecule is CCOC(=O)C1CCN(Cc2nc3ccccc3n2Cc2ccccc2)CC1. The Labute approximate surface area is 165 Å². The normalized spacial score (nSPS) is 15.8. The Morgan fingerprint density at radius 2 is 1.75 bits per heavy atom. The first-order chi connectivity index (χ1) is 13.7. The number of carbonyl (C=O) groups is 1. The number of likely N-dealkylation sites (tertiary alicyclic amines) is 1. The summed E-state index contributed by atoms with van der Waals surface area (Å²) in [6.07, 6.45) is 1.72. The van der Waals surface area contributed by atoms with Gasteiger partial charge in [-0.25, -0.2) is 4.98 Å². The zero-order chi connectivity index (χ0) is 19.3. The van der Waals surface area contributed by atoms with E-state index < -0.39 is 0 Å². The molecular formula is C23H27N3O2. The van der Waals surface area contributed by atoms with E-state index >= 15 is 0 Å². The van der Waals surface area contributed by atoms with Crippen molar-refractivity contribution in [1.29, 1.82) is 0 Å². The summed E-state index contributed by atoms with van der Waals surface area (Å²) in [6.45, 7) is 5.75. The molecule has 0 N–H and O–H groups in total. The van der Waals surface area contributed by atoms with Gasteiger partial charge in [0.1, 0.15) is 5.82 Å². The molecule has 0 saturated carbocycles. The van der Waals surface area contributed by atoms with Gasteiger partial charge < -0.3 is 9.30 Å². The van der Waals surface area contributed by atoms with Gasteiger partial charge in [0.15, 0.2) is 0 Å². The number of piperidine rings is 1. The summed E-state index contributed by atoms with van der Waals surface area (Å²) in [5, 5.41) is 0. The maximum Gasteiger partial charge on any atom is 0.309 e. The molecule has 146 valence electrons. The molecule has 0 aliphatic carbocycles. The van der Waals surface area contributed by atoms with E-state index in [1.807, 2.05) is 19.1 Å². The van der Waals surface area contributed by atoms with Gasteiger partial charge in [0, 0.05) is 6.54 Å². The van der Waals surface area contributed by atoms with Crippen LogP contribution in [0.15, 0.2) is 54.6 Å². The molecule has 3 aromatic rings. The van der Waals surface area contributed by atoms with Gasteiger partial charge in [0.2, 0.25) is 0 Å². The number of carbonyl (C=O) groups excluding carboxylic acids is 1. The Morgan fingerprint density at radius 1 is 1.04 bits per heavy atom. The van der Waals surface area contributed by atoms with Crippen LogP contribution in [0.2, 0.25) is 0 Å². The lowest BCUT2D eigenvalue weighted by Gasteiger charge is -2.30. The Balaban J connectivity index is 1.51. The molecule has 2 aromatic carbocycles. The van der Waals surface area contributed by atoms with Gasteiger partial charge in [-0.15, -0.1) is 0 Å². The number of ether oxygens (including phenoxy) is 1. The van der Waals surface area contributed by atoms with Crippen LogP contribution in [-0.4, -0.2) is 40.1 Å². The molecule has 1 fully saturated rings. The average molecular weight is 377 g/mol. The van der Waals surface area contributed by atoms with Crippen molar-refractivity contribution in [2.75, 3.05) is 19.7 Å². The molecular weight excluding hydrogens is 350 g/mol. The fourth-order valence-electron chi connectivity index (χ4n) is 3.98. The molecule has 4 rings (SSSR count). The molecule has 1 aliphatic rings. The lowest BCUT2D eigenvalue weighted by Crippen LogP contribution is -2.37. The summed E-state index contributed by atoms with van der Waals surface area (Å²) in [5.74, 6) is 1.08. The first-order valence-corrected chi connectivity index (χ1v) is 10.1. The van der Waals surface area contributed by atoms with Crippen molar-refractivity contribution >= 4 is 17.0 Å². The lowest BCUT2D eigenvalue weighted by atomic mass is 9.97. The van der Waals surface area contributed by atoms with E-state index in [0.29, 0.717) is 6.61 Å². The predicted octanol–water partition coefficient (Wildman–Crippen LogP) is 3.86. The minimum Gasteiger partial charge on any atom is -0.466 e. The molecule has 5 nitrogen and oxygen atoms in total. The van der Waals surface area contributed by atoms with Crippen LogP contribution < -0.4 is 0 Å². The predicted molar refractivity (Wildman–Crippen MR) is 110 cm³/mol. The minimum absolute atomic E-state index is 0.0411. The van der Waals surface area contributed by atoms with Crippen molar-refractivity contribution in [2.45, 2.75) is 32.9 Å².